The fourth-order valence-electron chi connectivity index (χ4n) is 7.86. The molecule has 1 unspecified atom stereocenters. The van der Waals surface area contributed by atoms with Crippen molar-refractivity contribution in [3.8, 4) is 11.1 Å². The molecule has 0 fully saturated rings. The molecule has 1 atom stereocenters. The van der Waals surface area contributed by atoms with Gasteiger partial charge in [-0.2, -0.15) is 0 Å². The molecule has 0 saturated heterocycles. The van der Waals surface area contributed by atoms with Gasteiger partial charge in [0, 0.05) is 42.1 Å². The van der Waals surface area contributed by atoms with Gasteiger partial charge in [-0.05, 0) is 80.7 Å². The standard InChI is InChI=1S/C47H29N3OS/c1-2-11-29(12-3-1)45-48-46(32-20-22-34-30(26-32)19-18-28-10-4-5-13-33(28)34)50-47(49-45)44-35(23-24-40-43(44)37-15-6-8-16-39(37)51-40)31-21-25-42-38(27-31)36-14-7-9-17-41(36)52-42/h1-27,46H,(H,48,49,50). The van der Waals surface area contributed by atoms with Crippen molar-refractivity contribution < 1.29 is 4.42 Å². The van der Waals surface area contributed by atoms with E-state index in [4.69, 9.17) is 14.4 Å². The number of benzene rings is 8. The second-order valence-electron chi connectivity index (χ2n) is 13.4. The molecule has 2 aromatic heterocycles. The Labute approximate surface area is 303 Å². The number of amidine groups is 2. The molecule has 11 rings (SSSR count). The molecule has 244 valence electrons. The molecule has 3 heterocycles. The third-order valence-corrected chi connectivity index (χ3v) is 11.5. The van der Waals surface area contributed by atoms with Crippen LogP contribution in [0.2, 0.25) is 0 Å². The van der Waals surface area contributed by atoms with Gasteiger partial charge >= 0.3 is 0 Å². The topological polar surface area (TPSA) is 49.9 Å². The molecule has 8 aromatic carbocycles. The van der Waals surface area contributed by atoms with Gasteiger partial charge < -0.3 is 9.73 Å². The predicted octanol–water partition coefficient (Wildman–Crippen LogP) is 12.4. The van der Waals surface area contributed by atoms with Gasteiger partial charge in [0.05, 0.1) is 0 Å². The first-order valence-electron chi connectivity index (χ1n) is 17.5. The van der Waals surface area contributed by atoms with Gasteiger partial charge in [0.25, 0.3) is 0 Å². The number of aliphatic imine (C=N–C) groups is 2. The van der Waals surface area contributed by atoms with Crippen LogP contribution in [-0.4, -0.2) is 11.7 Å². The third-order valence-electron chi connectivity index (χ3n) is 10.3. The maximum absolute atomic E-state index is 6.48. The molecule has 1 N–H and O–H groups in total. The molecule has 0 aliphatic carbocycles. The van der Waals surface area contributed by atoms with Crippen molar-refractivity contribution in [3.05, 3.63) is 180 Å². The van der Waals surface area contributed by atoms with Gasteiger partial charge in [-0.1, -0.05) is 121 Å². The maximum Gasteiger partial charge on any atom is 0.160 e. The molecule has 10 aromatic rings. The van der Waals surface area contributed by atoms with Crippen molar-refractivity contribution in [1.29, 1.82) is 0 Å². The molecule has 1 aliphatic rings. The summed E-state index contributed by atoms with van der Waals surface area (Å²) in [7, 11) is 0. The van der Waals surface area contributed by atoms with Gasteiger partial charge in [0.2, 0.25) is 0 Å². The molecule has 0 bridgehead atoms. The molecule has 5 heteroatoms. The van der Waals surface area contributed by atoms with Gasteiger partial charge in [-0.3, -0.25) is 0 Å². The summed E-state index contributed by atoms with van der Waals surface area (Å²) in [5.74, 6) is 1.45. The lowest BCUT2D eigenvalue weighted by molar-refractivity contribution is 0.668. The Hall–Kier alpha value is -6.56. The quantitative estimate of drug-likeness (QED) is 0.188. The minimum absolute atomic E-state index is 0.372. The van der Waals surface area contributed by atoms with Gasteiger partial charge in [0.1, 0.15) is 23.2 Å². The van der Waals surface area contributed by atoms with Crippen LogP contribution in [0, 0.1) is 0 Å². The summed E-state index contributed by atoms with van der Waals surface area (Å²) < 4.78 is 9.04. The number of hydrogen-bond donors (Lipinski definition) is 1. The summed E-state index contributed by atoms with van der Waals surface area (Å²) >= 11 is 1.83. The average molecular weight is 684 g/mol. The lowest BCUT2D eigenvalue weighted by atomic mass is 9.93. The molecule has 4 nitrogen and oxygen atoms in total. The second-order valence-corrected chi connectivity index (χ2v) is 14.4. The Morgan fingerprint density at radius 1 is 0.519 bits per heavy atom. The largest absolute Gasteiger partial charge is 0.456 e. The van der Waals surface area contributed by atoms with Crippen LogP contribution < -0.4 is 5.32 Å². The van der Waals surface area contributed by atoms with Crippen LogP contribution in [0.3, 0.4) is 0 Å². The molecular formula is C47H29N3OS. The van der Waals surface area contributed by atoms with Crippen molar-refractivity contribution in [3.63, 3.8) is 0 Å². The highest BCUT2D eigenvalue weighted by Gasteiger charge is 2.26. The van der Waals surface area contributed by atoms with Crippen LogP contribution in [0.15, 0.2) is 178 Å². The maximum atomic E-state index is 6.48. The number of nitrogens with one attached hydrogen (secondary N) is 1. The van der Waals surface area contributed by atoms with Crippen LogP contribution in [0.5, 0.6) is 0 Å². The van der Waals surface area contributed by atoms with E-state index in [0.717, 1.165) is 55.6 Å². The number of thiophene rings is 1. The van der Waals surface area contributed by atoms with Crippen molar-refractivity contribution in [1.82, 2.24) is 5.32 Å². The van der Waals surface area contributed by atoms with E-state index in [0.29, 0.717) is 5.84 Å². The summed E-state index contributed by atoms with van der Waals surface area (Å²) in [5.41, 5.74) is 6.88. The van der Waals surface area contributed by atoms with E-state index >= 15 is 0 Å². The Balaban J connectivity index is 1.17. The van der Waals surface area contributed by atoms with E-state index in [1.807, 2.05) is 29.5 Å². The van der Waals surface area contributed by atoms with Crippen LogP contribution in [-0.2, 0) is 0 Å². The summed E-state index contributed by atoms with van der Waals surface area (Å²) in [5, 5.41) is 13.2. The first-order chi connectivity index (χ1) is 25.7. The lowest BCUT2D eigenvalue weighted by Gasteiger charge is -2.25. The Morgan fingerprint density at radius 2 is 1.27 bits per heavy atom. The van der Waals surface area contributed by atoms with E-state index < -0.39 is 0 Å². The Kier molecular flexibility index (Phi) is 6.45. The summed E-state index contributed by atoms with van der Waals surface area (Å²) in [6.45, 7) is 0. The van der Waals surface area contributed by atoms with Crippen LogP contribution >= 0.6 is 11.3 Å². The monoisotopic (exact) mass is 683 g/mol. The fourth-order valence-corrected chi connectivity index (χ4v) is 8.94. The highest BCUT2D eigenvalue weighted by atomic mass is 32.1. The SMILES string of the molecule is c1ccc(C2=NC(c3c(-c4ccc5sc6ccccc6c5c4)ccc4oc5ccccc5c34)=NC(c3ccc4c(ccc5ccccc54)c3)N2)cc1. The number of para-hydroxylation sites is 1. The smallest absolute Gasteiger partial charge is 0.160 e. The van der Waals surface area contributed by atoms with Crippen molar-refractivity contribution in [2.45, 2.75) is 6.17 Å². The highest BCUT2D eigenvalue weighted by Crippen LogP contribution is 2.42. The van der Waals surface area contributed by atoms with Crippen LogP contribution in [0.4, 0.5) is 0 Å². The molecule has 0 radical (unpaired) electrons. The first kappa shape index (κ1) is 29.2. The molecule has 0 saturated carbocycles. The zero-order valence-corrected chi connectivity index (χ0v) is 28.7. The molecule has 0 amide bonds. The van der Waals surface area contributed by atoms with E-state index in [1.165, 1.54) is 41.7 Å². The molecule has 52 heavy (non-hydrogen) atoms. The third kappa shape index (κ3) is 4.60. The Bertz CT molecular complexity index is 3120. The second kappa shape index (κ2) is 11.5. The van der Waals surface area contributed by atoms with Gasteiger partial charge in [-0.15, -0.1) is 11.3 Å². The van der Waals surface area contributed by atoms with E-state index in [9.17, 15) is 0 Å². The fraction of sp³-hybridized carbons (Fsp3) is 0.0213. The first-order valence-corrected chi connectivity index (χ1v) is 18.3. The number of nitrogens with zero attached hydrogens (tertiary/aromatic N) is 2. The van der Waals surface area contributed by atoms with E-state index in [-0.39, 0.29) is 6.17 Å². The van der Waals surface area contributed by atoms with Crippen molar-refractivity contribution >= 4 is 86.7 Å². The van der Waals surface area contributed by atoms with Crippen LogP contribution in [0.1, 0.15) is 22.9 Å². The van der Waals surface area contributed by atoms with E-state index in [2.05, 4.69) is 151 Å². The number of rotatable bonds is 4. The zero-order chi connectivity index (χ0) is 34.2. The van der Waals surface area contributed by atoms with Gasteiger partial charge in [-0.25, -0.2) is 9.98 Å². The number of hydrogen-bond acceptors (Lipinski definition) is 5. The molecule has 0 spiro atoms. The average Bonchev–Trinajstić information content (AvgIpc) is 3.78. The van der Waals surface area contributed by atoms with Crippen molar-refractivity contribution in [2.75, 3.05) is 0 Å². The number of fused-ring (bicyclic) bond motifs is 9. The lowest BCUT2D eigenvalue weighted by Crippen LogP contribution is -2.33. The summed E-state index contributed by atoms with van der Waals surface area (Å²) in [6, 6.07) is 58.0. The molecular weight excluding hydrogens is 655 g/mol. The number of furan rings is 1. The van der Waals surface area contributed by atoms with Crippen molar-refractivity contribution in [2.24, 2.45) is 9.98 Å². The minimum atomic E-state index is -0.372. The summed E-state index contributed by atoms with van der Waals surface area (Å²) in [4.78, 5) is 10.8. The van der Waals surface area contributed by atoms with Gasteiger partial charge in [0.15, 0.2) is 5.84 Å². The highest BCUT2D eigenvalue weighted by molar-refractivity contribution is 7.25. The zero-order valence-electron chi connectivity index (χ0n) is 27.9. The molecule has 1 aliphatic heterocycles. The summed E-state index contributed by atoms with van der Waals surface area (Å²) in [6.07, 6.45) is -0.372. The normalized spacial score (nSPS) is 14.7. The van der Waals surface area contributed by atoms with E-state index in [1.54, 1.807) is 0 Å². The minimum Gasteiger partial charge on any atom is -0.456 e. The predicted molar refractivity (Wildman–Crippen MR) is 219 cm³/mol. The Morgan fingerprint density at radius 3 is 2.19 bits per heavy atom. The van der Waals surface area contributed by atoms with Crippen LogP contribution in [0.25, 0.3) is 74.8 Å².